The van der Waals surface area contributed by atoms with E-state index in [1.165, 1.54) is 6.92 Å². The third-order valence-electron chi connectivity index (χ3n) is 3.89. The Balaban J connectivity index is 2.18. The Bertz CT molecular complexity index is 971. The van der Waals surface area contributed by atoms with Crippen molar-refractivity contribution in [1.82, 2.24) is 0 Å². The van der Waals surface area contributed by atoms with Gasteiger partial charge in [-0.2, -0.15) is 0 Å². The van der Waals surface area contributed by atoms with E-state index in [9.17, 15) is 18.0 Å². The van der Waals surface area contributed by atoms with Gasteiger partial charge in [-0.25, -0.2) is 8.42 Å². The quantitative estimate of drug-likeness (QED) is 0.794. The first-order valence-corrected chi connectivity index (χ1v) is 10.1. The minimum Gasteiger partial charge on any atom is -0.326 e. The molecule has 0 bridgehead atoms. The third-order valence-corrected chi connectivity index (χ3v) is 5.02. The zero-order chi connectivity index (χ0) is 20.2. The molecular weight excluding hydrogens is 366 g/mol. The summed E-state index contributed by atoms with van der Waals surface area (Å²) in [6, 6.07) is 12.0. The van der Waals surface area contributed by atoms with Gasteiger partial charge in [-0.3, -0.25) is 13.9 Å². The summed E-state index contributed by atoms with van der Waals surface area (Å²) in [5.74, 6) is -0.646. The lowest BCUT2D eigenvalue weighted by atomic mass is 10.1. The lowest BCUT2D eigenvalue weighted by molar-refractivity contribution is -0.115. The van der Waals surface area contributed by atoms with E-state index in [1.807, 2.05) is 0 Å². The fourth-order valence-electron chi connectivity index (χ4n) is 2.63. The normalized spacial score (nSPS) is 11.0. The van der Waals surface area contributed by atoms with E-state index in [0.717, 1.165) is 21.7 Å². The highest BCUT2D eigenvalue weighted by atomic mass is 32.2. The van der Waals surface area contributed by atoms with Crippen molar-refractivity contribution in [2.24, 2.45) is 0 Å². The Morgan fingerprint density at radius 2 is 1.67 bits per heavy atom. The molecule has 0 unspecified atom stereocenters. The maximum Gasteiger partial charge on any atom is 0.245 e. The first-order valence-electron chi connectivity index (χ1n) is 8.29. The molecule has 0 saturated heterocycles. The molecule has 27 heavy (non-hydrogen) atoms. The average Bonchev–Trinajstić information content (AvgIpc) is 2.55. The van der Waals surface area contributed by atoms with Crippen LogP contribution in [0.15, 0.2) is 42.5 Å². The Labute approximate surface area is 159 Å². The van der Waals surface area contributed by atoms with E-state index in [-0.39, 0.29) is 12.5 Å². The van der Waals surface area contributed by atoms with Crippen molar-refractivity contribution < 1.29 is 18.0 Å². The topological polar surface area (TPSA) is 95.6 Å². The van der Waals surface area contributed by atoms with Gasteiger partial charge in [0, 0.05) is 18.3 Å². The Hall–Kier alpha value is -2.87. The van der Waals surface area contributed by atoms with Gasteiger partial charge in [0.1, 0.15) is 6.54 Å². The van der Waals surface area contributed by atoms with E-state index in [2.05, 4.69) is 10.6 Å². The van der Waals surface area contributed by atoms with Gasteiger partial charge < -0.3 is 10.6 Å². The van der Waals surface area contributed by atoms with Crippen molar-refractivity contribution in [3.05, 3.63) is 53.6 Å². The average molecular weight is 389 g/mol. The molecule has 0 spiro atoms. The van der Waals surface area contributed by atoms with Crippen molar-refractivity contribution in [3.8, 4) is 0 Å². The van der Waals surface area contributed by atoms with Gasteiger partial charge in [-0.1, -0.05) is 18.2 Å². The van der Waals surface area contributed by atoms with Crippen LogP contribution in [0.5, 0.6) is 0 Å². The molecule has 0 heterocycles. The molecule has 0 aliphatic rings. The molecule has 2 aromatic rings. The fraction of sp³-hybridized carbons (Fsp3) is 0.263. The standard InChI is InChI=1S/C19H23N3O4S/c1-13-7-5-6-8-18(13)22(27(4,25)26)12-19(24)21-16-9-10-17(14(2)11-16)20-15(3)23/h5-11H,12H2,1-4H3,(H,20,23)(H,21,24). The van der Waals surface area contributed by atoms with Crippen LogP contribution in [0, 0.1) is 13.8 Å². The number of nitrogens with one attached hydrogen (secondary N) is 2. The molecule has 0 aliphatic carbocycles. The van der Waals surface area contributed by atoms with Crippen LogP contribution >= 0.6 is 0 Å². The van der Waals surface area contributed by atoms with Crippen LogP contribution in [0.2, 0.25) is 0 Å². The number of rotatable bonds is 6. The minimum absolute atomic E-state index is 0.183. The summed E-state index contributed by atoms with van der Waals surface area (Å²) in [6.45, 7) is 4.67. The number of benzene rings is 2. The maximum absolute atomic E-state index is 12.4. The molecule has 2 N–H and O–H groups in total. The molecule has 7 nitrogen and oxygen atoms in total. The number of sulfonamides is 1. The van der Waals surface area contributed by atoms with Crippen LogP contribution in [0.3, 0.4) is 0 Å². The van der Waals surface area contributed by atoms with Gasteiger partial charge in [0.2, 0.25) is 21.8 Å². The Morgan fingerprint density at radius 1 is 1.00 bits per heavy atom. The monoisotopic (exact) mass is 389 g/mol. The number of carbonyl (C=O) groups is 2. The van der Waals surface area contributed by atoms with Crippen LogP contribution in [0.1, 0.15) is 18.1 Å². The van der Waals surface area contributed by atoms with Gasteiger partial charge in [-0.05, 0) is 49.2 Å². The van der Waals surface area contributed by atoms with E-state index >= 15 is 0 Å². The van der Waals surface area contributed by atoms with Crippen molar-refractivity contribution in [3.63, 3.8) is 0 Å². The number of nitrogens with zero attached hydrogens (tertiary/aromatic N) is 1. The lowest BCUT2D eigenvalue weighted by Crippen LogP contribution is -2.37. The number of para-hydroxylation sites is 1. The molecule has 0 radical (unpaired) electrons. The van der Waals surface area contributed by atoms with Crippen LogP contribution in [-0.4, -0.2) is 33.0 Å². The highest BCUT2D eigenvalue weighted by Crippen LogP contribution is 2.23. The summed E-state index contributed by atoms with van der Waals surface area (Å²) >= 11 is 0. The van der Waals surface area contributed by atoms with Crippen LogP contribution < -0.4 is 14.9 Å². The number of hydrogen-bond acceptors (Lipinski definition) is 4. The van der Waals surface area contributed by atoms with Crippen molar-refractivity contribution in [1.29, 1.82) is 0 Å². The van der Waals surface area contributed by atoms with E-state index in [4.69, 9.17) is 0 Å². The van der Waals surface area contributed by atoms with E-state index in [0.29, 0.717) is 17.1 Å². The summed E-state index contributed by atoms with van der Waals surface area (Å²) in [6.07, 6.45) is 1.07. The Kier molecular flexibility index (Phi) is 6.22. The number of anilines is 3. The SMILES string of the molecule is CC(=O)Nc1ccc(NC(=O)CN(c2ccccc2C)S(C)(=O)=O)cc1C. The van der Waals surface area contributed by atoms with Crippen LogP contribution in [0.25, 0.3) is 0 Å². The fourth-order valence-corrected chi connectivity index (χ4v) is 3.54. The Morgan fingerprint density at radius 3 is 2.22 bits per heavy atom. The molecule has 0 fully saturated rings. The molecule has 0 saturated carbocycles. The predicted molar refractivity (Wildman–Crippen MR) is 107 cm³/mol. The van der Waals surface area contributed by atoms with Crippen LogP contribution in [-0.2, 0) is 19.6 Å². The number of hydrogen-bond donors (Lipinski definition) is 2. The zero-order valence-corrected chi connectivity index (χ0v) is 16.6. The molecular formula is C19H23N3O4S. The second kappa shape index (κ2) is 8.22. The van der Waals surface area contributed by atoms with Gasteiger partial charge in [0.15, 0.2) is 0 Å². The van der Waals surface area contributed by atoms with Crippen LogP contribution in [0.4, 0.5) is 17.1 Å². The second-order valence-electron chi connectivity index (χ2n) is 6.32. The molecule has 144 valence electrons. The molecule has 0 aromatic heterocycles. The summed E-state index contributed by atoms with van der Waals surface area (Å²) in [7, 11) is -3.63. The van der Waals surface area contributed by atoms with E-state index < -0.39 is 15.9 Å². The molecule has 0 atom stereocenters. The van der Waals surface area contributed by atoms with Gasteiger partial charge >= 0.3 is 0 Å². The number of aryl methyl sites for hydroxylation is 2. The van der Waals surface area contributed by atoms with Gasteiger partial charge in [0.25, 0.3) is 0 Å². The molecule has 0 aliphatic heterocycles. The van der Waals surface area contributed by atoms with Crippen molar-refractivity contribution >= 4 is 38.9 Å². The first kappa shape index (κ1) is 20.4. The summed E-state index contributed by atoms with van der Waals surface area (Å²) in [5, 5.41) is 5.39. The predicted octanol–water partition coefficient (Wildman–Crippen LogP) is 2.67. The smallest absolute Gasteiger partial charge is 0.245 e. The molecule has 8 heteroatoms. The summed E-state index contributed by atoms with van der Waals surface area (Å²) in [5.41, 5.74) is 3.17. The summed E-state index contributed by atoms with van der Waals surface area (Å²) in [4.78, 5) is 23.6. The molecule has 2 rings (SSSR count). The minimum atomic E-state index is -3.63. The van der Waals surface area contributed by atoms with Gasteiger partial charge in [0.05, 0.1) is 11.9 Å². The van der Waals surface area contributed by atoms with E-state index in [1.54, 1.807) is 56.3 Å². The van der Waals surface area contributed by atoms with Crippen molar-refractivity contribution in [2.45, 2.75) is 20.8 Å². The largest absolute Gasteiger partial charge is 0.326 e. The number of carbonyl (C=O) groups excluding carboxylic acids is 2. The maximum atomic E-state index is 12.4. The first-order chi connectivity index (χ1) is 12.6. The summed E-state index contributed by atoms with van der Waals surface area (Å²) < 4.78 is 25.4. The highest BCUT2D eigenvalue weighted by molar-refractivity contribution is 7.92. The third kappa shape index (κ3) is 5.55. The highest BCUT2D eigenvalue weighted by Gasteiger charge is 2.22. The lowest BCUT2D eigenvalue weighted by Gasteiger charge is -2.23. The molecule has 2 amide bonds. The molecule has 2 aromatic carbocycles. The zero-order valence-electron chi connectivity index (χ0n) is 15.7. The number of amides is 2. The van der Waals surface area contributed by atoms with Crippen molar-refractivity contribution in [2.75, 3.05) is 27.7 Å². The second-order valence-corrected chi connectivity index (χ2v) is 8.22. The van der Waals surface area contributed by atoms with Gasteiger partial charge in [-0.15, -0.1) is 0 Å².